The van der Waals surface area contributed by atoms with E-state index in [1.54, 1.807) is 25.3 Å². The lowest BCUT2D eigenvalue weighted by atomic mass is 9.87. The fourth-order valence-electron chi connectivity index (χ4n) is 2.67. The summed E-state index contributed by atoms with van der Waals surface area (Å²) in [6.45, 7) is 0.425. The zero-order valence-corrected chi connectivity index (χ0v) is 10.4. The van der Waals surface area contributed by atoms with E-state index in [2.05, 4.69) is 4.99 Å². The first-order valence-corrected chi connectivity index (χ1v) is 6.09. The predicted octanol–water partition coefficient (Wildman–Crippen LogP) is 3.08. The molecule has 96 valence electrons. The molecule has 4 heteroatoms. The number of methoxy groups -OCH3 is 1. The van der Waals surface area contributed by atoms with Gasteiger partial charge in [-0.15, -0.1) is 0 Å². The van der Waals surface area contributed by atoms with Gasteiger partial charge in [0.2, 0.25) is 6.08 Å². The molecule has 0 N–H and O–H groups in total. The third-order valence-electron chi connectivity index (χ3n) is 3.53. The number of isocyanates is 1. The summed E-state index contributed by atoms with van der Waals surface area (Å²) in [4.78, 5) is 14.5. The van der Waals surface area contributed by atoms with Crippen LogP contribution in [-0.2, 0) is 21.7 Å². The van der Waals surface area contributed by atoms with Crippen molar-refractivity contribution in [3.63, 3.8) is 0 Å². The van der Waals surface area contributed by atoms with Gasteiger partial charge in [0.15, 0.2) is 0 Å². The summed E-state index contributed by atoms with van der Waals surface area (Å²) in [6.07, 6.45) is 4.93. The van der Waals surface area contributed by atoms with Crippen LogP contribution < -0.4 is 0 Å². The minimum Gasteiger partial charge on any atom is -0.380 e. The molecule has 1 aliphatic rings. The highest BCUT2D eigenvalue weighted by Gasteiger charge is 2.37. The molecule has 1 saturated carbocycles. The molecule has 0 bridgehead atoms. The van der Waals surface area contributed by atoms with E-state index in [1.165, 1.54) is 6.07 Å². The number of aliphatic imine (C=N–C) groups is 1. The number of benzene rings is 1. The van der Waals surface area contributed by atoms with E-state index in [-0.39, 0.29) is 5.82 Å². The monoisotopic (exact) mass is 249 g/mol. The molecule has 0 saturated heterocycles. The van der Waals surface area contributed by atoms with Gasteiger partial charge < -0.3 is 4.74 Å². The molecule has 0 spiro atoms. The van der Waals surface area contributed by atoms with Gasteiger partial charge in [0.25, 0.3) is 0 Å². The van der Waals surface area contributed by atoms with Crippen LogP contribution in [0.25, 0.3) is 0 Å². The fourth-order valence-corrected chi connectivity index (χ4v) is 2.67. The molecule has 0 heterocycles. The summed E-state index contributed by atoms with van der Waals surface area (Å²) < 4.78 is 19.0. The average molecular weight is 249 g/mol. The topological polar surface area (TPSA) is 38.7 Å². The van der Waals surface area contributed by atoms with Crippen LogP contribution in [0.1, 0.15) is 36.8 Å². The van der Waals surface area contributed by atoms with Crippen LogP contribution in [-0.4, -0.2) is 13.2 Å². The van der Waals surface area contributed by atoms with Gasteiger partial charge in [0.05, 0.1) is 6.61 Å². The maximum Gasteiger partial charge on any atom is 0.235 e. The minimum absolute atomic E-state index is 0.309. The molecule has 0 atom stereocenters. The molecule has 0 unspecified atom stereocenters. The quantitative estimate of drug-likeness (QED) is 0.607. The average Bonchev–Trinajstić information content (AvgIpc) is 2.82. The second-order valence-corrected chi connectivity index (χ2v) is 4.69. The number of rotatable bonds is 4. The SMILES string of the molecule is COCc1ccc(F)c(C2(N=C=O)CCCC2)c1. The van der Waals surface area contributed by atoms with E-state index in [1.807, 2.05) is 0 Å². The molecule has 1 aromatic carbocycles. The molecular weight excluding hydrogens is 233 g/mol. The lowest BCUT2D eigenvalue weighted by Crippen LogP contribution is -2.21. The van der Waals surface area contributed by atoms with Crippen molar-refractivity contribution in [1.82, 2.24) is 0 Å². The Hall–Kier alpha value is -1.51. The molecule has 0 amide bonds. The van der Waals surface area contributed by atoms with Crippen molar-refractivity contribution in [3.8, 4) is 0 Å². The van der Waals surface area contributed by atoms with Crippen molar-refractivity contribution < 1.29 is 13.9 Å². The Bertz CT molecular complexity index is 475. The van der Waals surface area contributed by atoms with Crippen molar-refractivity contribution in [2.75, 3.05) is 7.11 Å². The number of nitrogens with zero attached hydrogens (tertiary/aromatic N) is 1. The van der Waals surface area contributed by atoms with Gasteiger partial charge in [0, 0.05) is 12.7 Å². The minimum atomic E-state index is -0.713. The van der Waals surface area contributed by atoms with E-state index in [0.717, 1.165) is 18.4 Å². The number of carbonyl (C=O) groups excluding carboxylic acids is 1. The van der Waals surface area contributed by atoms with E-state index >= 15 is 0 Å². The molecule has 0 aromatic heterocycles. The van der Waals surface area contributed by atoms with Crippen molar-refractivity contribution in [2.24, 2.45) is 4.99 Å². The lowest BCUT2D eigenvalue weighted by Gasteiger charge is -2.24. The smallest absolute Gasteiger partial charge is 0.235 e. The van der Waals surface area contributed by atoms with Gasteiger partial charge >= 0.3 is 0 Å². The van der Waals surface area contributed by atoms with Crippen molar-refractivity contribution in [1.29, 1.82) is 0 Å². The molecule has 0 aliphatic heterocycles. The van der Waals surface area contributed by atoms with E-state index in [9.17, 15) is 9.18 Å². The van der Waals surface area contributed by atoms with Gasteiger partial charge in [-0.05, 0) is 30.5 Å². The number of hydrogen-bond acceptors (Lipinski definition) is 3. The molecule has 1 aromatic rings. The van der Waals surface area contributed by atoms with Crippen molar-refractivity contribution in [3.05, 3.63) is 35.1 Å². The Labute approximate surface area is 106 Å². The number of ether oxygens (including phenoxy) is 1. The van der Waals surface area contributed by atoms with E-state index in [0.29, 0.717) is 25.0 Å². The van der Waals surface area contributed by atoms with Crippen LogP contribution in [0.4, 0.5) is 4.39 Å². The Morgan fingerprint density at radius 3 is 2.78 bits per heavy atom. The summed E-state index contributed by atoms with van der Waals surface area (Å²) in [6, 6.07) is 4.87. The summed E-state index contributed by atoms with van der Waals surface area (Å²) in [5.74, 6) is -0.309. The standard InChI is InChI=1S/C14H16FNO2/c1-18-9-11-4-5-13(15)12(8-11)14(16-10-17)6-2-3-7-14/h4-5,8H,2-3,6-7,9H2,1H3. The largest absolute Gasteiger partial charge is 0.380 e. The zero-order chi connectivity index (χ0) is 13.0. The second kappa shape index (κ2) is 5.42. The second-order valence-electron chi connectivity index (χ2n) is 4.69. The van der Waals surface area contributed by atoms with E-state index in [4.69, 9.17) is 4.74 Å². The fraction of sp³-hybridized carbons (Fsp3) is 0.500. The Kier molecular flexibility index (Phi) is 3.90. The van der Waals surface area contributed by atoms with E-state index < -0.39 is 5.54 Å². The van der Waals surface area contributed by atoms with Crippen LogP contribution in [0.5, 0.6) is 0 Å². The number of halogens is 1. The first-order valence-electron chi connectivity index (χ1n) is 6.09. The molecule has 3 nitrogen and oxygen atoms in total. The summed E-state index contributed by atoms with van der Waals surface area (Å²) in [5.41, 5.74) is 0.675. The maximum absolute atomic E-state index is 14.0. The van der Waals surface area contributed by atoms with Crippen molar-refractivity contribution >= 4 is 6.08 Å². The Balaban J connectivity index is 2.46. The third-order valence-corrected chi connectivity index (χ3v) is 3.53. The molecule has 1 fully saturated rings. The molecular formula is C14H16FNO2. The highest BCUT2D eigenvalue weighted by Crippen LogP contribution is 2.43. The van der Waals surface area contributed by atoms with Gasteiger partial charge in [-0.25, -0.2) is 9.18 Å². The first-order chi connectivity index (χ1) is 8.72. The van der Waals surface area contributed by atoms with Gasteiger partial charge in [-0.3, -0.25) is 0 Å². The number of hydrogen-bond donors (Lipinski definition) is 0. The zero-order valence-electron chi connectivity index (χ0n) is 10.4. The van der Waals surface area contributed by atoms with Gasteiger partial charge in [0.1, 0.15) is 11.4 Å². The summed E-state index contributed by atoms with van der Waals surface area (Å²) in [7, 11) is 1.60. The van der Waals surface area contributed by atoms with Gasteiger partial charge in [-0.1, -0.05) is 18.9 Å². The van der Waals surface area contributed by atoms with Crippen molar-refractivity contribution in [2.45, 2.75) is 37.8 Å². The predicted molar refractivity (Wildman–Crippen MR) is 65.4 cm³/mol. The Morgan fingerprint density at radius 1 is 1.44 bits per heavy atom. The summed E-state index contributed by atoms with van der Waals surface area (Å²) in [5, 5.41) is 0. The normalized spacial score (nSPS) is 17.4. The van der Waals surface area contributed by atoms with Crippen LogP contribution in [0.3, 0.4) is 0 Å². The first kappa shape index (κ1) is 12.9. The van der Waals surface area contributed by atoms with Crippen LogP contribution in [0.15, 0.2) is 23.2 Å². The molecule has 2 rings (SSSR count). The molecule has 0 radical (unpaired) electrons. The maximum atomic E-state index is 14.0. The van der Waals surface area contributed by atoms with Gasteiger partial charge in [-0.2, -0.15) is 4.99 Å². The third kappa shape index (κ3) is 2.35. The summed E-state index contributed by atoms with van der Waals surface area (Å²) >= 11 is 0. The van der Waals surface area contributed by atoms with Crippen LogP contribution in [0, 0.1) is 5.82 Å². The molecule has 1 aliphatic carbocycles. The van der Waals surface area contributed by atoms with Crippen LogP contribution >= 0.6 is 0 Å². The van der Waals surface area contributed by atoms with Crippen LogP contribution in [0.2, 0.25) is 0 Å². The lowest BCUT2D eigenvalue weighted by molar-refractivity contribution is 0.184. The highest BCUT2D eigenvalue weighted by atomic mass is 19.1. The molecule has 18 heavy (non-hydrogen) atoms. The Morgan fingerprint density at radius 2 is 2.17 bits per heavy atom. The highest BCUT2D eigenvalue weighted by molar-refractivity contribution is 5.40.